The van der Waals surface area contributed by atoms with Gasteiger partial charge >= 0.3 is 12.1 Å². The molecule has 3 aromatic carbocycles. The van der Waals surface area contributed by atoms with E-state index < -0.39 is 29.5 Å². The van der Waals surface area contributed by atoms with Crippen LogP contribution < -0.4 is 10.6 Å². The third kappa shape index (κ3) is 6.51. The van der Waals surface area contributed by atoms with Gasteiger partial charge in [0.15, 0.2) is 0 Å². The number of alkyl halides is 3. The van der Waals surface area contributed by atoms with Gasteiger partial charge in [-0.05, 0) is 65.7 Å². The summed E-state index contributed by atoms with van der Waals surface area (Å²) in [6.07, 6.45) is -2.88. The van der Waals surface area contributed by atoms with E-state index in [0.29, 0.717) is 33.3 Å². The number of ether oxygens (including phenoxy) is 1. The van der Waals surface area contributed by atoms with Crippen LogP contribution >= 0.6 is 0 Å². The van der Waals surface area contributed by atoms with Gasteiger partial charge < -0.3 is 15.4 Å². The second-order valence-corrected chi connectivity index (χ2v) is 9.34. The summed E-state index contributed by atoms with van der Waals surface area (Å²) >= 11 is 0. The number of pyridine rings is 2. The number of nitrogens with one attached hydrogen (secondary N) is 2. The molecule has 5 rings (SSSR count). The minimum atomic E-state index is -4.47. The number of rotatable bonds is 7. The van der Waals surface area contributed by atoms with Crippen molar-refractivity contribution in [2.75, 3.05) is 19.0 Å². The molecule has 0 atom stereocenters. The summed E-state index contributed by atoms with van der Waals surface area (Å²) in [5.41, 5.74) is 2.12. The van der Waals surface area contributed by atoms with Gasteiger partial charge in [-0.1, -0.05) is 36.4 Å². The lowest BCUT2D eigenvalue weighted by molar-refractivity contribution is -0.139. The molecule has 0 saturated carbocycles. The number of nitrogens with zero attached hydrogens (tertiary/aromatic N) is 2. The number of anilines is 1. The Morgan fingerprint density at radius 1 is 0.837 bits per heavy atom. The number of esters is 1. The number of amides is 2. The zero-order valence-corrected chi connectivity index (χ0v) is 22.6. The van der Waals surface area contributed by atoms with Gasteiger partial charge in [-0.15, -0.1) is 0 Å². The van der Waals surface area contributed by atoms with Gasteiger partial charge in [0.25, 0.3) is 11.8 Å². The Labute approximate surface area is 243 Å². The Morgan fingerprint density at radius 2 is 1.58 bits per heavy atom. The molecular weight excluding hydrogens is 561 g/mol. The minimum Gasteiger partial charge on any atom is -0.468 e. The monoisotopic (exact) mass is 584 g/mol. The fourth-order valence-electron chi connectivity index (χ4n) is 4.44. The molecule has 0 spiro atoms. The quantitative estimate of drug-likeness (QED) is 0.223. The van der Waals surface area contributed by atoms with Crippen molar-refractivity contribution in [1.82, 2.24) is 15.3 Å². The Bertz CT molecular complexity index is 1830. The highest BCUT2D eigenvalue weighted by molar-refractivity contribution is 6.09. The van der Waals surface area contributed by atoms with Crippen LogP contribution in [0.5, 0.6) is 0 Å². The average molecular weight is 585 g/mol. The molecule has 11 heteroatoms. The van der Waals surface area contributed by atoms with Crippen LogP contribution in [0.15, 0.2) is 97.2 Å². The van der Waals surface area contributed by atoms with E-state index in [1.165, 1.54) is 19.2 Å². The smallest absolute Gasteiger partial charge is 0.416 e. The number of hydrogen-bond acceptors (Lipinski definition) is 6. The number of methoxy groups -OCH3 is 1. The molecule has 0 fully saturated rings. The average Bonchev–Trinajstić information content (AvgIpc) is 3.03. The van der Waals surface area contributed by atoms with E-state index in [4.69, 9.17) is 0 Å². The first-order chi connectivity index (χ1) is 20.6. The molecule has 0 aliphatic carbocycles. The van der Waals surface area contributed by atoms with Crippen molar-refractivity contribution in [2.24, 2.45) is 0 Å². The normalized spacial score (nSPS) is 11.2. The van der Waals surface area contributed by atoms with Gasteiger partial charge in [0.1, 0.15) is 12.4 Å². The molecule has 0 aliphatic rings. The topological polar surface area (TPSA) is 110 Å². The summed E-state index contributed by atoms with van der Waals surface area (Å²) in [6, 6.07) is 22.9. The molecule has 2 heterocycles. The van der Waals surface area contributed by atoms with Crippen LogP contribution in [0.3, 0.4) is 0 Å². The molecular formula is C32H23F3N4O4. The first-order valence-electron chi connectivity index (χ1n) is 12.9. The van der Waals surface area contributed by atoms with Crippen LogP contribution in [0, 0.1) is 0 Å². The molecule has 0 aliphatic heterocycles. The zero-order valence-electron chi connectivity index (χ0n) is 22.6. The number of halogens is 3. The maximum atomic E-state index is 13.4. The summed E-state index contributed by atoms with van der Waals surface area (Å²) in [5.74, 6) is -1.40. The third-order valence-electron chi connectivity index (χ3n) is 6.55. The van der Waals surface area contributed by atoms with Crippen molar-refractivity contribution in [3.63, 3.8) is 0 Å². The predicted molar refractivity (Wildman–Crippen MR) is 154 cm³/mol. The van der Waals surface area contributed by atoms with Crippen molar-refractivity contribution in [3.05, 3.63) is 114 Å². The Kier molecular flexibility index (Phi) is 8.15. The van der Waals surface area contributed by atoms with Gasteiger partial charge in [-0.3, -0.25) is 19.4 Å². The summed E-state index contributed by atoms with van der Waals surface area (Å²) in [5, 5.41) is 5.86. The van der Waals surface area contributed by atoms with Crippen molar-refractivity contribution in [1.29, 1.82) is 0 Å². The Hall–Kier alpha value is -5.58. The van der Waals surface area contributed by atoms with Gasteiger partial charge in [-0.25, -0.2) is 4.98 Å². The van der Waals surface area contributed by atoms with E-state index >= 15 is 0 Å². The van der Waals surface area contributed by atoms with Crippen LogP contribution in [0.25, 0.3) is 33.3 Å². The van der Waals surface area contributed by atoms with Gasteiger partial charge in [0.2, 0.25) is 0 Å². The van der Waals surface area contributed by atoms with Gasteiger partial charge in [0, 0.05) is 28.3 Å². The number of carbonyl (C=O) groups excluding carboxylic acids is 3. The first kappa shape index (κ1) is 28.9. The number of aromatic nitrogens is 2. The van der Waals surface area contributed by atoms with E-state index in [2.05, 4.69) is 25.3 Å². The Balaban J connectivity index is 1.48. The third-order valence-corrected chi connectivity index (χ3v) is 6.55. The zero-order chi connectivity index (χ0) is 30.6. The van der Waals surface area contributed by atoms with E-state index in [0.717, 1.165) is 12.1 Å². The number of hydrogen-bond donors (Lipinski definition) is 2. The molecule has 216 valence electrons. The standard InChI is InChI=1S/C32H23F3N4O4/c1-43-28(40)18-37-30(41)21-16-20-11-14-27(38-29(20)25(17-21)26-8-4-5-15-36-26)39-31(42)24-7-3-2-6-23(24)19-9-12-22(13-10-19)32(33,34)35/h2-17H,18H2,1H3,(H,37,41)(H,38,39,42). The lowest BCUT2D eigenvalue weighted by atomic mass is 9.98. The van der Waals surface area contributed by atoms with E-state index in [1.54, 1.807) is 72.9 Å². The summed E-state index contributed by atoms with van der Waals surface area (Å²) in [4.78, 5) is 46.7. The molecule has 0 saturated heterocycles. The summed E-state index contributed by atoms with van der Waals surface area (Å²) in [7, 11) is 1.22. The molecule has 2 N–H and O–H groups in total. The molecule has 0 bridgehead atoms. The van der Waals surface area contributed by atoms with Crippen LogP contribution in [-0.4, -0.2) is 41.4 Å². The fraction of sp³-hybridized carbons (Fsp3) is 0.0938. The minimum absolute atomic E-state index is 0.208. The Morgan fingerprint density at radius 3 is 2.28 bits per heavy atom. The van der Waals surface area contributed by atoms with Gasteiger partial charge in [0.05, 0.1) is 23.9 Å². The highest BCUT2D eigenvalue weighted by atomic mass is 19.4. The second kappa shape index (κ2) is 12.1. The number of benzene rings is 3. The first-order valence-corrected chi connectivity index (χ1v) is 12.9. The number of carbonyl (C=O) groups is 3. The maximum Gasteiger partial charge on any atom is 0.416 e. The highest BCUT2D eigenvalue weighted by Gasteiger charge is 2.30. The molecule has 2 amide bonds. The molecule has 5 aromatic rings. The molecule has 0 radical (unpaired) electrons. The van der Waals surface area contributed by atoms with Crippen LogP contribution in [0.4, 0.5) is 19.0 Å². The van der Waals surface area contributed by atoms with Crippen molar-refractivity contribution >= 4 is 34.5 Å². The maximum absolute atomic E-state index is 13.4. The van der Waals surface area contributed by atoms with Crippen molar-refractivity contribution in [3.8, 4) is 22.4 Å². The lowest BCUT2D eigenvalue weighted by Gasteiger charge is -2.13. The molecule has 43 heavy (non-hydrogen) atoms. The second-order valence-electron chi connectivity index (χ2n) is 9.34. The van der Waals surface area contributed by atoms with Crippen LogP contribution in [0.2, 0.25) is 0 Å². The van der Waals surface area contributed by atoms with E-state index in [9.17, 15) is 27.6 Å². The molecule has 0 unspecified atom stereocenters. The number of fused-ring (bicyclic) bond motifs is 1. The van der Waals surface area contributed by atoms with Crippen LogP contribution in [-0.2, 0) is 15.7 Å². The summed E-state index contributed by atoms with van der Waals surface area (Å²) < 4.78 is 43.7. The summed E-state index contributed by atoms with van der Waals surface area (Å²) in [6.45, 7) is -0.302. The van der Waals surface area contributed by atoms with Crippen molar-refractivity contribution < 1.29 is 32.3 Å². The molecule has 8 nitrogen and oxygen atoms in total. The van der Waals surface area contributed by atoms with Crippen molar-refractivity contribution in [2.45, 2.75) is 6.18 Å². The van der Waals surface area contributed by atoms with Crippen LogP contribution in [0.1, 0.15) is 26.3 Å². The largest absolute Gasteiger partial charge is 0.468 e. The van der Waals surface area contributed by atoms with E-state index in [-0.39, 0.29) is 23.5 Å². The SMILES string of the molecule is COC(=O)CNC(=O)c1cc(-c2ccccn2)c2nc(NC(=O)c3ccccc3-c3ccc(C(F)(F)F)cc3)ccc2c1. The lowest BCUT2D eigenvalue weighted by Crippen LogP contribution is -2.30. The highest BCUT2D eigenvalue weighted by Crippen LogP contribution is 2.33. The molecule has 2 aromatic heterocycles. The fourth-order valence-corrected chi connectivity index (χ4v) is 4.44. The van der Waals surface area contributed by atoms with Gasteiger partial charge in [-0.2, -0.15) is 13.2 Å². The van der Waals surface area contributed by atoms with E-state index in [1.807, 2.05) is 0 Å². The predicted octanol–water partition coefficient (Wildman–Crippen LogP) is 6.14.